The van der Waals surface area contributed by atoms with Gasteiger partial charge in [0.2, 0.25) is 5.91 Å². The van der Waals surface area contributed by atoms with Crippen molar-refractivity contribution in [2.45, 2.75) is 52.0 Å². The lowest BCUT2D eigenvalue weighted by Gasteiger charge is -2.16. The van der Waals surface area contributed by atoms with Gasteiger partial charge in [-0.05, 0) is 19.3 Å². The largest absolute Gasteiger partial charge is 0.479 e. The Bertz CT molecular complexity index is 351. The van der Waals surface area contributed by atoms with Crippen molar-refractivity contribution in [3.63, 3.8) is 0 Å². The number of rotatable bonds is 7. The molecule has 1 aliphatic carbocycles. The van der Waals surface area contributed by atoms with Crippen LogP contribution in [0.25, 0.3) is 0 Å². The normalized spacial score (nSPS) is 28.1. The Hall–Kier alpha value is -1.32. The van der Waals surface area contributed by atoms with E-state index >= 15 is 0 Å². The van der Waals surface area contributed by atoms with Gasteiger partial charge in [-0.15, -0.1) is 0 Å². The van der Waals surface area contributed by atoms with Gasteiger partial charge in [0.05, 0.1) is 0 Å². The second-order valence-electron chi connectivity index (χ2n) is 5.10. The minimum absolute atomic E-state index is 0.0606. The van der Waals surface area contributed by atoms with Gasteiger partial charge in [0.25, 0.3) is 0 Å². The second kappa shape index (κ2) is 6.03. The Morgan fingerprint density at radius 3 is 2.67 bits per heavy atom. The molecule has 0 saturated heterocycles. The van der Waals surface area contributed by atoms with Crippen LogP contribution in [0.4, 0.5) is 0 Å². The van der Waals surface area contributed by atoms with Crippen LogP contribution in [0, 0.1) is 11.8 Å². The molecular weight excluding hydrogens is 230 g/mol. The molecule has 1 fully saturated rings. The molecule has 0 heterocycles. The Labute approximate surface area is 108 Å². The molecule has 1 rings (SSSR count). The van der Waals surface area contributed by atoms with Crippen molar-refractivity contribution in [3.8, 4) is 0 Å². The number of carbonyl (C=O) groups excluding carboxylic acids is 1. The summed E-state index contributed by atoms with van der Waals surface area (Å²) in [6, 6.07) is 0. The predicted octanol–water partition coefficient (Wildman–Crippen LogP) is 2.35. The first-order valence-corrected chi connectivity index (χ1v) is 6.70. The van der Waals surface area contributed by atoms with Crippen LogP contribution in [0.15, 0.2) is 12.2 Å². The Kier molecular flexibility index (Phi) is 4.93. The smallest absolute Gasteiger partial charge is 0.330 e. The number of aliphatic carboxylic acids is 1. The standard InChI is InChI=1S/C14H23NO3/c1-4-6-7-8-11-9-14(11,13(17)18)15-12(16)10(3)5-2/h7-8,10-11H,4-6,9H2,1-3H3,(H,15,16)(H,17,18). The van der Waals surface area contributed by atoms with Crippen molar-refractivity contribution in [1.82, 2.24) is 5.32 Å². The molecule has 0 bridgehead atoms. The minimum Gasteiger partial charge on any atom is -0.479 e. The Morgan fingerprint density at radius 1 is 1.50 bits per heavy atom. The summed E-state index contributed by atoms with van der Waals surface area (Å²) in [5, 5.41) is 12.0. The van der Waals surface area contributed by atoms with Crippen molar-refractivity contribution >= 4 is 11.9 Å². The molecule has 1 amide bonds. The summed E-state index contributed by atoms with van der Waals surface area (Å²) >= 11 is 0. The van der Waals surface area contributed by atoms with E-state index in [1.54, 1.807) is 0 Å². The van der Waals surface area contributed by atoms with Gasteiger partial charge in [0.1, 0.15) is 5.54 Å². The van der Waals surface area contributed by atoms with Crippen molar-refractivity contribution in [2.75, 3.05) is 0 Å². The van der Waals surface area contributed by atoms with Gasteiger partial charge in [0, 0.05) is 11.8 Å². The van der Waals surface area contributed by atoms with Crippen LogP contribution in [0.5, 0.6) is 0 Å². The van der Waals surface area contributed by atoms with E-state index in [0.29, 0.717) is 6.42 Å². The predicted molar refractivity (Wildman–Crippen MR) is 70.1 cm³/mol. The van der Waals surface area contributed by atoms with E-state index in [2.05, 4.69) is 12.2 Å². The quantitative estimate of drug-likeness (QED) is 0.684. The second-order valence-corrected chi connectivity index (χ2v) is 5.10. The van der Waals surface area contributed by atoms with Gasteiger partial charge in [-0.2, -0.15) is 0 Å². The lowest BCUT2D eigenvalue weighted by molar-refractivity contribution is -0.144. The minimum atomic E-state index is -1.05. The number of nitrogens with one attached hydrogen (secondary N) is 1. The highest BCUT2D eigenvalue weighted by molar-refractivity contribution is 5.91. The molecule has 0 aromatic heterocycles. The molecule has 2 N–H and O–H groups in total. The van der Waals surface area contributed by atoms with E-state index in [-0.39, 0.29) is 17.7 Å². The lowest BCUT2D eigenvalue weighted by atomic mass is 10.1. The zero-order chi connectivity index (χ0) is 13.8. The van der Waals surface area contributed by atoms with E-state index in [1.807, 2.05) is 26.0 Å². The summed E-state index contributed by atoms with van der Waals surface area (Å²) in [4.78, 5) is 23.1. The monoisotopic (exact) mass is 253 g/mol. The van der Waals surface area contributed by atoms with Gasteiger partial charge in [0.15, 0.2) is 0 Å². The summed E-state index contributed by atoms with van der Waals surface area (Å²) in [6.07, 6.45) is 7.15. The van der Waals surface area contributed by atoms with E-state index < -0.39 is 11.5 Å². The van der Waals surface area contributed by atoms with Crippen molar-refractivity contribution in [2.24, 2.45) is 11.8 Å². The number of unbranched alkanes of at least 4 members (excludes halogenated alkanes) is 1. The summed E-state index contributed by atoms with van der Waals surface area (Å²) in [6.45, 7) is 5.81. The van der Waals surface area contributed by atoms with Crippen molar-refractivity contribution < 1.29 is 14.7 Å². The number of carboxylic acid groups (broad SMARTS) is 1. The highest BCUT2D eigenvalue weighted by atomic mass is 16.4. The number of carbonyl (C=O) groups is 2. The van der Waals surface area contributed by atoms with E-state index in [1.165, 1.54) is 0 Å². The van der Waals surface area contributed by atoms with Crippen LogP contribution in [-0.2, 0) is 9.59 Å². The molecule has 0 spiro atoms. The molecule has 0 aromatic carbocycles. The molecule has 0 aromatic rings. The number of allylic oxidation sites excluding steroid dienone is 1. The fourth-order valence-corrected chi connectivity index (χ4v) is 1.92. The van der Waals surface area contributed by atoms with E-state index in [9.17, 15) is 14.7 Å². The lowest BCUT2D eigenvalue weighted by Crippen LogP contribution is -2.46. The van der Waals surface area contributed by atoms with Crippen LogP contribution < -0.4 is 5.32 Å². The number of carboxylic acids is 1. The van der Waals surface area contributed by atoms with Crippen LogP contribution in [0.2, 0.25) is 0 Å². The average Bonchev–Trinajstić information content (AvgIpc) is 3.03. The third-order valence-corrected chi connectivity index (χ3v) is 3.63. The van der Waals surface area contributed by atoms with Gasteiger partial charge < -0.3 is 10.4 Å². The number of hydrogen-bond acceptors (Lipinski definition) is 2. The third-order valence-electron chi connectivity index (χ3n) is 3.63. The average molecular weight is 253 g/mol. The number of amides is 1. The molecule has 0 radical (unpaired) electrons. The Morgan fingerprint density at radius 2 is 2.17 bits per heavy atom. The Balaban J connectivity index is 2.63. The van der Waals surface area contributed by atoms with E-state index in [4.69, 9.17) is 0 Å². The zero-order valence-corrected chi connectivity index (χ0v) is 11.4. The summed E-state index contributed by atoms with van der Waals surface area (Å²) in [5.41, 5.74) is -1.05. The van der Waals surface area contributed by atoms with Crippen molar-refractivity contribution in [3.05, 3.63) is 12.2 Å². The van der Waals surface area contributed by atoms with Gasteiger partial charge in [-0.3, -0.25) is 4.79 Å². The SMILES string of the molecule is CCCC=CC1CC1(NC(=O)C(C)CC)C(=O)O. The molecule has 4 nitrogen and oxygen atoms in total. The molecule has 1 aliphatic rings. The first-order chi connectivity index (χ1) is 8.47. The van der Waals surface area contributed by atoms with Crippen LogP contribution >= 0.6 is 0 Å². The highest BCUT2D eigenvalue weighted by Crippen LogP contribution is 2.45. The molecule has 18 heavy (non-hydrogen) atoms. The molecule has 1 saturated carbocycles. The summed E-state index contributed by atoms with van der Waals surface area (Å²) < 4.78 is 0. The maximum atomic E-state index is 11.8. The zero-order valence-electron chi connectivity index (χ0n) is 11.4. The van der Waals surface area contributed by atoms with Crippen LogP contribution in [0.3, 0.4) is 0 Å². The fourth-order valence-electron chi connectivity index (χ4n) is 1.92. The summed E-state index contributed by atoms with van der Waals surface area (Å²) in [5.74, 6) is -1.28. The maximum Gasteiger partial charge on any atom is 0.330 e. The maximum absolute atomic E-state index is 11.8. The van der Waals surface area contributed by atoms with Gasteiger partial charge >= 0.3 is 5.97 Å². The molecule has 0 aliphatic heterocycles. The van der Waals surface area contributed by atoms with Crippen molar-refractivity contribution in [1.29, 1.82) is 0 Å². The summed E-state index contributed by atoms with van der Waals surface area (Å²) in [7, 11) is 0. The molecule has 102 valence electrons. The molecule has 3 unspecified atom stereocenters. The van der Waals surface area contributed by atoms with E-state index in [0.717, 1.165) is 19.3 Å². The van der Waals surface area contributed by atoms with Crippen LogP contribution in [0.1, 0.15) is 46.5 Å². The molecule has 3 atom stereocenters. The topological polar surface area (TPSA) is 66.4 Å². The van der Waals surface area contributed by atoms with Crippen LogP contribution in [-0.4, -0.2) is 22.5 Å². The van der Waals surface area contributed by atoms with Gasteiger partial charge in [-0.25, -0.2) is 4.79 Å². The highest BCUT2D eigenvalue weighted by Gasteiger charge is 2.60. The molecule has 4 heteroatoms. The number of hydrogen-bond donors (Lipinski definition) is 2. The third kappa shape index (κ3) is 3.12. The fraction of sp³-hybridized carbons (Fsp3) is 0.714. The molecular formula is C14H23NO3. The van der Waals surface area contributed by atoms with Gasteiger partial charge in [-0.1, -0.05) is 39.3 Å². The first-order valence-electron chi connectivity index (χ1n) is 6.70. The first kappa shape index (κ1) is 14.7.